The number of imidazole rings is 1. The van der Waals surface area contributed by atoms with Gasteiger partial charge < -0.3 is 29.2 Å². The predicted octanol–water partition coefficient (Wildman–Crippen LogP) is 6.37. The molecule has 1 heterocycles. The quantitative estimate of drug-likeness (QED) is 0.108. The smallest absolute Gasteiger partial charge is 0.416 e. The highest BCUT2D eigenvalue weighted by molar-refractivity contribution is 6.11. The minimum atomic E-state index is -4.49. The summed E-state index contributed by atoms with van der Waals surface area (Å²) in [5.74, 6) is -2.10. The summed E-state index contributed by atoms with van der Waals surface area (Å²) in [4.78, 5) is 44.4. The van der Waals surface area contributed by atoms with E-state index in [0.717, 1.165) is 12.1 Å². The molecule has 0 fully saturated rings. The summed E-state index contributed by atoms with van der Waals surface area (Å²) in [6.07, 6.45) is -4.79. The molecule has 2 N–H and O–H groups in total. The number of ether oxygens (including phenoxy) is 3. The Morgan fingerprint density at radius 3 is 2.22 bits per heavy atom. The average Bonchev–Trinajstić information content (AvgIpc) is 3.52. The largest absolute Gasteiger partial charge is 0.465 e. The van der Waals surface area contributed by atoms with Crippen LogP contribution in [-0.2, 0) is 41.9 Å². The van der Waals surface area contributed by atoms with E-state index >= 15 is 0 Å². The monoisotopic (exact) mass is 689 g/mol. The van der Waals surface area contributed by atoms with Crippen LogP contribution < -0.4 is 5.32 Å². The topological polar surface area (TPSA) is 129 Å². The first-order valence-corrected chi connectivity index (χ1v) is 15.7. The van der Waals surface area contributed by atoms with E-state index in [0.29, 0.717) is 33.4 Å². The highest BCUT2D eigenvalue weighted by Crippen LogP contribution is 2.34. The number of aromatic nitrogens is 2. The highest BCUT2D eigenvalue weighted by Gasteiger charge is 2.50. The summed E-state index contributed by atoms with van der Waals surface area (Å²) < 4.78 is 57.1. The number of alkyl halides is 3. The van der Waals surface area contributed by atoms with Crippen molar-refractivity contribution < 1.29 is 46.9 Å². The molecule has 0 spiro atoms. The van der Waals surface area contributed by atoms with Crippen LogP contribution in [0.2, 0.25) is 0 Å². The van der Waals surface area contributed by atoms with E-state index in [4.69, 9.17) is 14.2 Å². The molecule has 4 aromatic carbocycles. The van der Waals surface area contributed by atoms with Crippen molar-refractivity contribution in [3.8, 4) is 11.1 Å². The Bertz CT molecular complexity index is 1960. The van der Waals surface area contributed by atoms with Gasteiger partial charge in [0.2, 0.25) is 0 Å². The number of fused-ring (bicyclic) bond motifs is 1. The molecule has 0 aliphatic carbocycles. The first-order chi connectivity index (χ1) is 24.0. The Hall–Kier alpha value is -5.53. The number of hydrogen-bond donors (Lipinski definition) is 2. The third-order valence-electron chi connectivity index (χ3n) is 8.03. The van der Waals surface area contributed by atoms with E-state index in [1.54, 1.807) is 86.6 Å². The van der Waals surface area contributed by atoms with Crippen molar-refractivity contribution in [2.24, 2.45) is 0 Å². The zero-order valence-corrected chi connectivity index (χ0v) is 27.1. The van der Waals surface area contributed by atoms with Gasteiger partial charge in [0, 0.05) is 12.2 Å². The van der Waals surface area contributed by atoms with E-state index in [-0.39, 0.29) is 25.3 Å². The lowest BCUT2D eigenvalue weighted by atomic mass is 9.80. The number of halogens is 3. The van der Waals surface area contributed by atoms with Crippen LogP contribution in [0.25, 0.3) is 22.2 Å². The molecule has 0 radical (unpaired) electrons. The Kier molecular flexibility index (Phi) is 11.0. The van der Waals surface area contributed by atoms with Crippen LogP contribution in [-0.4, -0.2) is 58.6 Å². The summed E-state index contributed by atoms with van der Waals surface area (Å²) in [5.41, 5.74) is -0.0820. The van der Waals surface area contributed by atoms with Crippen molar-refractivity contribution in [2.75, 3.05) is 25.1 Å². The Morgan fingerprint density at radius 2 is 1.54 bits per heavy atom. The molecular weight excluding hydrogens is 655 g/mol. The third kappa shape index (κ3) is 7.53. The second-order valence-corrected chi connectivity index (χ2v) is 11.1. The van der Waals surface area contributed by atoms with E-state index in [2.05, 4.69) is 10.3 Å². The fraction of sp³-hybridized carbons (Fsp3) is 0.243. The Labute approximate surface area is 285 Å². The van der Waals surface area contributed by atoms with E-state index < -0.39 is 47.9 Å². The van der Waals surface area contributed by atoms with Gasteiger partial charge in [-0.05, 0) is 60.9 Å². The number of nitrogens with zero attached hydrogens (tertiary/aromatic N) is 2. The van der Waals surface area contributed by atoms with Crippen LogP contribution in [0.1, 0.15) is 35.3 Å². The summed E-state index contributed by atoms with van der Waals surface area (Å²) in [7, 11) is 0. The van der Waals surface area contributed by atoms with Crippen molar-refractivity contribution in [3.05, 3.63) is 120 Å². The lowest BCUT2D eigenvalue weighted by Crippen LogP contribution is -2.53. The summed E-state index contributed by atoms with van der Waals surface area (Å²) >= 11 is 0. The number of anilines is 1. The number of carbonyl (C=O) groups is 3. The van der Waals surface area contributed by atoms with Crippen LogP contribution in [0.4, 0.5) is 18.9 Å². The third-order valence-corrected chi connectivity index (χ3v) is 8.03. The number of nitrogens with one attached hydrogen (secondary N) is 1. The number of benzene rings is 4. The summed E-state index contributed by atoms with van der Waals surface area (Å²) in [6.45, 7) is 2.44. The molecule has 1 amide bonds. The van der Waals surface area contributed by atoms with Gasteiger partial charge in [0.1, 0.15) is 18.7 Å². The summed E-state index contributed by atoms with van der Waals surface area (Å²) in [6, 6.07) is 24.3. The molecular formula is C37H34F3N3O7. The lowest BCUT2D eigenvalue weighted by molar-refractivity contribution is -0.192. The molecule has 2 atom stereocenters. The molecule has 2 unspecified atom stereocenters. The van der Waals surface area contributed by atoms with Gasteiger partial charge in [-0.3, -0.25) is 14.4 Å². The molecule has 50 heavy (non-hydrogen) atoms. The second kappa shape index (κ2) is 15.3. The van der Waals surface area contributed by atoms with Crippen LogP contribution in [0.15, 0.2) is 103 Å². The maximum atomic E-state index is 13.5. The number of amides is 1. The van der Waals surface area contributed by atoms with Crippen molar-refractivity contribution in [1.29, 1.82) is 0 Å². The van der Waals surface area contributed by atoms with E-state index in [1.165, 1.54) is 23.0 Å². The van der Waals surface area contributed by atoms with Crippen LogP contribution in [0, 0.1) is 0 Å². The normalized spacial score (nSPS) is 13.3. The van der Waals surface area contributed by atoms with Gasteiger partial charge in [-0.25, -0.2) is 4.98 Å². The van der Waals surface area contributed by atoms with Crippen molar-refractivity contribution in [2.45, 2.75) is 38.3 Å². The molecule has 0 saturated heterocycles. The maximum Gasteiger partial charge on any atom is 0.416 e. The minimum absolute atomic E-state index is 0.0146. The zero-order chi connectivity index (χ0) is 35.9. The molecule has 0 aliphatic rings. The second-order valence-electron chi connectivity index (χ2n) is 11.1. The number of hydrogen-bond acceptors (Lipinski definition) is 8. The predicted molar refractivity (Wildman–Crippen MR) is 178 cm³/mol. The number of rotatable bonds is 13. The van der Waals surface area contributed by atoms with Crippen LogP contribution in [0.3, 0.4) is 0 Å². The van der Waals surface area contributed by atoms with Crippen LogP contribution >= 0.6 is 0 Å². The summed E-state index contributed by atoms with van der Waals surface area (Å²) in [5, 5.41) is 13.8. The van der Waals surface area contributed by atoms with Gasteiger partial charge >= 0.3 is 18.1 Å². The molecule has 260 valence electrons. The molecule has 0 aliphatic heterocycles. The molecule has 10 nitrogen and oxygen atoms in total. The maximum absolute atomic E-state index is 13.5. The lowest BCUT2D eigenvalue weighted by Gasteiger charge is -2.35. The van der Waals surface area contributed by atoms with Gasteiger partial charge in [-0.1, -0.05) is 66.7 Å². The van der Waals surface area contributed by atoms with Gasteiger partial charge in [0.25, 0.3) is 5.91 Å². The first-order valence-electron chi connectivity index (χ1n) is 15.7. The average molecular weight is 690 g/mol. The van der Waals surface area contributed by atoms with E-state index in [1.807, 2.05) is 0 Å². The highest BCUT2D eigenvalue weighted by atomic mass is 19.4. The zero-order valence-electron chi connectivity index (χ0n) is 27.1. The minimum Gasteiger partial charge on any atom is -0.465 e. The number of para-hydroxylation sites is 1. The number of carbonyl (C=O) groups excluding carboxylic acids is 3. The van der Waals surface area contributed by atoms with Crippen LogP contribution in [0.5, 0.6) is 0 Å². The molecule has 13 heteroatoms. The molecule has 0 bridgehead atoms. The molecule has 1 aromatic heterocycles. The Morgan fingerprint density at radius 1 is 0.840 bits per heavy atom. The van der Waals surface area contributed by atoms with Crippen molar-refractivity contribution in [3.63, 3.8) is 0 Å². The Balaban J connectivity index is 1.35. The van der Waals surface area contributed by atoms with Crippen molar-refractivity contribution >= 4 is 34.6 Å². The number of aliphatic hydroxyl groups is 1. The molecule has 0 saturated carbocycles. The molecule has 5 rings (SSSR count). The van der Waals surface area contributed by atoms with Gasteiger partial charge in [0.15, 0.2) is 11.7 Å². The van der Waals surface area contributed by atoms with Gasteiger partial charge in [-0.15, -0.1) is 0 Å². The van der Waals surface area contributed by atoms with Crippen molar-refractivity contribution in [1.82, 2.24) is 9.55 Å². The van der Waals surface area contributed by atoms with E-state index in [9.17, 15) is 32.7 Å². The molecule has 5 aromatic rings. The van der Waals surface area contributed by atoms with Gasteiger partial charge in [-0.2, -0.15) is 13.2 Å². The number of aliphatic hydroxyl groups excluding tert-OH is 1. The fourth-order valence-corrected chi connectivity index (χ4v) is 5.53. The first kappa shape index (κ1) is 35.8. The number of esters is 2. The van der Waals surface area contributed by atoms with Gasteiger partial charge in [0.05, 0.1) is 29.7 Å². The SMILES string of the molecule is CCOC(=O)C(COC(=O)Cn1cnc2c(NC(=O)c3ccccc3-c3ccc(C(F)(F)F)cc3)cccc21)(c1ccccc1)C(O)OCC. The standard InChI is InChI=1S/C37H34F3N3O7/c1-3-48-34(46)36(35(47)49-4-2,25-11-6-5-7-12-25)22-50-31(44)21-43-23-41-32-29(15-10-16-30(32)43)42-33(45)28-14-9-8-13-27(28)24-17-19-26(20-18-24)37(38,39)40/h5-20,23,34,46H,3-4,21-22H2,1-2H3,(H,42,45). The fourth-order valence-electron chi connectivity index (χ4n) is 5.53.